The number of anilines is 3. The van der Waals surface area contributed by atoms with Gasteiger partial charge in [0.25, 0.3) is 0 Å². The summed E-state index contributed by atoms with van der Waals surface area (Å²) in [6, 6.07) is 52.1. The summed E-state index contributed by atoms with van der Waals surface area (Å²) in [4.78, 5) is 2.47. The van der Waals surface area contributed by atoms with Gasteiger partial charge in [0.15, 0.2) is 0 Å². The van der Waals surface area contributed by atoms with Crippen molar-refractivity contribution in [1.29, 1.82) is 0 Å². The molecule has 0 heterocycles. The molecule has 0 amide bonds. The van der Waals surface area contributed by atoms with Crippen LogP contribution in [0, 0.1) is 0 Å². The third kappa shape index (κ3) is 7.25. The second-order valence-corrected chi connectivity index (χ2v) is 18.8. The average molecular weight is 760 g/mol. The lowest BCUT2D eigenvalue weighted by Gasteiger charge is -2.29. The lowest BCUT2D eigenvalue weighted by Crippen LogP contribution is -2.16. The predicted molar refractivity (Wildman–Crippen MR) is 247 cm³/mol. The van der Waals surface area contributed by atoms with Gasteiger partial charge in [-0.15, -0.1) is 0 Å². The first-order valence-corrected chi connectivity index (χ1v) is 23.0. The summed E-state index contributed by atoms with van der Waals surface area (Å²) in [6.07, 6.45) is 20.5. The van der Waals surface area contributed by atoms with Crippen molar-refractivity contribution < 1.29 is 0 Å². The average Bonchev–Trinajstić information content (AvgIpc) is 3.53. The van der Waals surface area contributed by atoms with Gasteiger partial charge in [-0.2, -0.15) is 0 Å². The van der Waals surface area contributed by atoms with Crippen LogP contribution in [-0.2, 0) is 5.41 Å². The molecule has 4 aliphatic carbocycles. The summed E-state index contributed by atoms with van der Waals surface area (Å²) in [6.45, 7) is 4.77. The van der Waals surface area contributed by atoms with Crippen molar-refractivity contribution in [2.45, 2.75) is 133 Å². The highest BCUT2D eigenvalue weighted by atomic mass is 15.1. The zero-order valence-corrected chi connectivity index (χ0v) is 35.0. The summed E-state index contributed by atoms with van der Waals surface area (Å²) >= 11 is 0. The zero-order valence-electron chi connectivity index (χ0n) is 35.0. The molecule has 0 atom stereocenters. The van der Waals surface area contributed by atoms with Crippen molar-refractivity contribution in [3.8, 4) is 33.4 Å². The van der Waals surface area contributed by atoms with E-state index in [2.05, 4.69) is 152 Å². The minimum absolute atomic E-state index is 0.0525. The first-order valence-electron chi connectivity index (χ1n) is 23.0. The molecule has 58 heavy (non-hydrogen) atoms. The smallest absolute Gasteiger partial charge is 0.0465 e. The summed E-state index contributed by atoms with van der Waals surface area (Å²) in [5.74, 6) is 2.15. The quantitative estimate of drug-likeness (QED) is 0.149. The third-order valence-electron chi connectivity index (χ3n) is 14.9. The van der Waals surface area contributed by atoms with E-state index in [9.17, 15) is 0 Å². The van der Waals surface area contributed by atoms with Crippen LogP contribution in [0.1, 0.15) is 156 Å². The van der Waals surface area contributed by atoms with Crippen molar-refractivity contribution in [2.75, 3.05) is 4.90 Å². The Morgan fingerprint density at radius 2 is 0.793 bits per heavy atom. The summed E-state index contributed by atoms with van der Waals surface area (Å²) in [5.41, 5.74) is 19.1. The Hall–Kier alpha value is -4.88. The van der Waals surface area contributed by atoms with Gasteiger partial charge in [-0.1, -0.05) is 169 Å². The number of rotatable bonds is 8. The van der Waals surface area contributed by atoms with E-state index in [1.807, 2.05) is 0 Å². The number of hydrogen-bond donors (Lipinski definition) is 0. The van der Waals surface area contributed by atoms with Crippen LogP contribution in [0.5, 0.6) is 0 Å². The second kappa shape index (κ2) is 16.1. The maximum absolute atomic E-state index is 2.61. The van der Waals surface area contributed by atoms with Crippen LogP contribution in [0.4, 0.5) is 17.1 Å². The Kier molecular flexibility index (Phi) is 10.3. The van der Waals surface area contributed by atoms with Gasteiger partial charge >= 0.3 is 0 Å². The minimum atomic E-state index is -0.0525. The highest BCUT2D eigenvalue weighted by Crippen LogP contribution is 2.51. The van der Waals surface area contributed by atoms with E-state index in [0.717, 1.165) is 11.8 Å². The number of nitrogens with zero attached hydrogens (tertiary/aromatic N) is 1. The van der Waals surface area contributed by atoms with Gasteiger partial charge in [0, 0.05) is 22.5 Å². The van der Waals surface area contributed by atoms with Gasteiger partial charge in [0.2, 0.25) is 0 Å². The van der Waals surface area contributed by atoms with Crippen LogP contribution < -0.4 is 4.90 Å². The first kappa shape index (κ1) is 37.4. The molecule has 10 rings (SSSR count). The van der Waals surface area contributed by atoms with E-state index >= 15 is 0 Å². The molecule has 0 bridgehead atoms. The standard InChI is InChI=1S/C57H61N/c1-57(2)55-21-13-12-20-53(55)54-35-34-52(39-56(54)57)58(50-30-26-44(27-31-50)40-14-6-3-7-15-40)51-32-28-45(29-33-51)43-22-24-46(25-23-43)49-37-47(41-16-8-4-9-17-41)36-48(38-49)42-18-10-5-11-19-42/h12-13,20-42H,3-11,14-19H2,1-2H3. The molecule has 0 aliphatic heterocycles. The molecule has 3 saturated carbocycles. The number of hydrogen-bond acceptors (Lipinski definition) is 1. The van der Waals surface area contributed by atoms with E-state index in [-0.39, 0.29) is 5.41 Å². The maximum Gasteiger partial charge on any atom is 0.0465 e. The SMILES string of the molecule is CC1(C)c2ccccc2-c2ccc(N(c3ccc(-c4ccc(-c5cc(C6CCCCC6)cc(C6CCCCC6)c5)cc4)cc3)c3ccc(C4CCCCC4)cc3)cc21. The van der Waals surface area contributed by atoms with Crippen LogP contribution in [0.3, 0.4) is 0 Å². The van der Waals surface area contributed by atoms with Gasteiger partial charge in [-0.05, 0) is 154 Å². The molecule has 1 heteroatoms. The molecule has 0 aromatic heterocycles. The van der Waals surface area contributed by atoms with E-state index in [4.69, 9.17) is 0 Å². The fourth-order valence-corrected chi connectivity index (χ4v) is 11.5. The van der Waals surface area contributed by atoms with Crippen LogP contribution >= 0.6 is 0 Å². The Bertz CT molecular complexity index is 2310. The lowest BCUT2D eigenvalue weighted by molar-refractivity contribution is 0.435. The molecule has 294 valence electrons. The van der Waals surface area contributed by atoms with Crippen molar-refractivity contribution in [2.24, 2.45) is 0 Å². The van der Waals surface area contributed by atoms with Gasteiger partial charge in [0.05, 0.1) is 0 Å². The Balaban J connectivity index is 0.964. The topological polar surface area (TPSA) is 3.24 Å². The van der Waals surface area contributed by atoms with Crippen LogP contribution in [0.2, 0.25) is 0 Å². The van der Waals surface area contributed by atoms with Crippen LogP contribution in [0.15, 0.2) is 133 Å². The fraction of sp³-hybridized carbons (Fsp3) is 0.368. The Morgan fingerprint density at radius 3 is 1.34 bits per heavy atom. The van der Waals surface area contributed by atoms with E-state index < -0.39 is 0 Å². The van der Waals surface area contributed by atoms with E-state index in [0.29, 0.717) is 5.92 Å². The van der Waals surface area contributed by atoms with Crippen molar-refractivity contribution in [3.05, 3.63) is 161 Å². The summed E-state index contributed by atoms with van der Waals surface area (Å²) in [5, 5.41) is 0. The minimum Gasteiger partial charge on any atom is -0.310 e. The predicted octanol–water partition coefficient (Wildman–Crippen LogP) is 16.9. The zero-order chi connectivity index (χ0) is 39.1. The maximum atomic E-state index is 2.61. The second-order valence-electron chi connectivity index (χ2n) is 18.8. The van der Waals surface area contributed by atoms with Gasteiger partial charge in [-0.3, -0.25) is 0 Å². The highest BCUT2D eigenvalue weighted by molar-refractivity contribution is 5.86. The molecule has 4 aliphatic rings. The fourth-order valence-electron chi connectivity index (χ4n) is 11.5. The summed E-state index contributed by atoms with van der Waals surface area (Å²) in [7, 11) is 0. The van der Waals surface area contributed by atoms with Crippen molar-refractivity contribution in [1.82, 2.24) is 0 Å². The molecule has 0 unspecified atom stereocenters. The first-order chi connectivity index (χ1) is 28.5. The molecule has 0 N–H and O–H groups in total. The normalized spacial score (nSPS) is 18.4. The van der Waals surface area contributed by atoms with Crippen LogP contribution in [-0.4, -0.2) is 0 Å². The summed E-state index contributed by atoms with van der Waals surface area (Å²) < 4.78 is 0. The largest absolute Gasteiger partial charge is 0.310 e. The third-order valence-corrected chi connectivity index (χ3v) is 14.9. The van der Waals surface area contributed by atoms with Gasteiger partial charge in [-0.25, -0.2) is 0 Å². The molecule has 3 fully saturated rings. The monoisotopic (exact) mass is 759 g/mol. The molecule has 6 aromatic carbocycles. The molecular weight excluding hydrogens is 699 g/mol. The molecule has 6 aromatic rings. The number of fused-ring (bicyclic) bond motifs is 3. The van der Waals surface area contributed by atoms with Gasteiger partial charge in [0.1, 0.15) is 0 Å². The van der Waals surface area contributed by atoms with Crippen LogP contribution in [0.25, 0.3) is 33.4 Å². The molecule has 0 saturated heterocycles. The van der Waals surface area contributed by atoms with E-state index in [1.165, 1.54) is 163 Å². The lowest BCUT2D eigenvalue weighted by atomic mass is 9.78. The van der Waals surface area contributed by atoms with E-state index in [1.54, 1.807) is 11.1 Å². The Labute approximate surface area is 348 Å². The molecule has 0 spiro atoms. The van der Waals surface area contributed by atoms with Crippen molar-refractivity contribution in [3.63, 3.8) is 0 Å². The number of benzene rings is 6. The van der Waals surface area contributed by atoms with Gasteiger partial charge < -0.3 is 4.90 Å². The molecular formula is C57H61N. The molecule has 1 nitrogen and oxygen atoms in total. The molecule has 0 radical (unpaired) electrons. The highest BCUT2D eigenvalue weighted by Gasteiger charge is 2.36. The van der Waals surface area contributed by atoms with Crippen molar-refractivity contribution >= 4 is 17.1 Å². The Morgan fingerprint density at radius 1 is 0.362 bits per heavy atom.